The highest BCUT2D eigenvalue weighted by Gasteiger charge is 2.43. The highest BCUT2D eigenvalue weighted by molar-refractivity contribution is 7.98. The van der Waals surface area contributed by atoms with Gasteiger partial charge in [-0.25, -0.2) is 0 Å². The molecule has 2 heterocycles. The van der Waals surface area contributed by atoms with Gasteiger partial charge in [-0.1, -0.05) is 36.4 Å². The predicted octanol–water partition coefficient (Wildman–Crippen LogP) is 4.71. The molecule has 1 amide bonds. The largest absolute Gasteiger partial charge is 0.493 e. The van der Waals surface area contributed by atoms with Gasteiger partial charge in [0.2, 0.25) is 5.91 Å². The molecule has 7 heteroatoms. The van der Waals surface area contributed by atoms with Gasteiger partial charge in [-0.05, 0) is 84.0 Å². The Morgan fingerprint density at radius 3 is 2.27 bits per heavy atom. The van der Waals surface area contributed by atoms with E-state index in [1.165, 1.54) is 27.1 Å². The Morgan fingerprint density at radius 2 is 1.62 bits per heavy atom. The van der Waals surface area contributed by atoms with Crippen molar-refractivity contribution in [3.63, 3.8) is 0 Å². The summed E-state index contributed by atoms with van der Waals surface area (Å²) in [4.78, 5) is 20.1. The van der Waals surface area contributed by atoms with E-state index in [2.05, 4.69) is 76.0 Å². The number of amides is 1. The standard InChI is InChI=1S/C33H39N3O3S/c1-38-31-16-25-12-13-35(20-26(25)17-32(31)39-2)33(37)30-18-27(34-19-22-8-10-29(40-3)11-9-22)21-36(30)28-14-23-6-4-5-7-24(23)15-28/h4-11,16-17,27-28,30,34H,12-15,18-21H2,1-3H3/t27-,30-/m0/s1. The van der Waals surface area contributed by atoms with Gasteiger partial charge >= 0.3 is 0 Å². The number of likely N-dealkylation sites (tertiary alicyclic amines) is 1. The molecule has 0 bridgehead atoms. The lowest BCUT2D eigenvalue weighted by Crippen LogP contribution is -2.50. The monoisotopic (exact) mass is 557 g/mol. The molecular formula is C33H39N3O3S. The van der Waals surface area contributed by atoms with Gasteiger partial charge in [-0.2, -0.15) is 0 Å². The molecule has 40 heavy (non-hydrogen) atoms. The molecule has 3 aliphatic rings. The molecule has 0 unspecified atom stereocenters. The maximum Gasteiger partial charge on any atom is 0.240 e. The zero-order valence-electron chi connectivity index (χ0n) is 23.7. The fourth-order valence-electron chi connectivity index (χ4n) is 6.71. The fourth-order valence-corrected chi connectivity index (χ4v) is 7.12. The first-order chi connectivity index (χ1) is 19.6. The summed E-state index contributed by atoms with van der Waals surface area (Å²) in [5, 5.41) is 3.79. The third-order valence-corrected chi connectivity index (χ3v) is 9.65. The Balaban J connectivity index is 1.19. The van der Waals surface area contributed by atoms with E-state index in [1.54, 1.807) is 26.0 Å². The Bertz CT molecular complexity index is 1340. The van der Waals surface area contributed by atoms with E-state index in [9.17, 15) is 4.79 Å². The molecule has 6 nitrogen and oxygen atoms in total. The summed E-state index contributed by atoms with van der Waals surface area (Å²) in [5.74, 6) is 1.72. The van der Waals surface area contributed by atoms with Crippen LogP contribution in [-0.4, -0.2) is 67.4 Å². The third-order valence-electron chi connectivity index (χ3n) is 8.91. The zero-order valence-corrected chi connectivity index (χ0v) is 24.5. The number of ether oxygens (including phenoxy) is 2. The van der Waals surface area contributed by atoms with Gasteiger partial charge < -0.3 is 19.7 Å². The highest BCUT2D eigenvalue weighted by atomic mass is 32.2. The molecule has 6 rings (SSSR count). The Hall–Kier alpha value is -3.00. The summed E-state index contributed by atoms with van der Waals surface area (Å²) in [6, 6.07) is 22.2. The molecule has 0 aromatic heterocycles. The van der Waals surface area contributed by atoms with Crippen LogP contribution in [0.15, 0.2) is 65.6 Å². The number of nitrogens with one attached hydrogen (secondary N) is 1. The van der Waals surface area contributed by atoms with Gasteiger partial charge in [-0.15, -0.1) is 11.8 Å². The number of hydrogen-bond donors (Lipinski definition) is 1. The van der Waals surface area contributed by atoms with Gasteiger partial charge in [0.15, 0.2) is 11.5 Å². The van der Waals surface area contributed by atoms with Gasteiger partial charge in [0.25, 0.3) is 0 Å². The van der Waals surface area contributed by atoms with E-state index in [0.29, 0.717) is 12.6 Å². The average molecular weight is 558 g/mol. The number of hydrogen-bond acceptors (Lipinski definition) is 6. The molecule has 0 spiro atoms. The Kier molecular flexibility index (Phi) is 8.05. The smallest absolute Gasteiger partial charge is 0.240 e. The second-order valence-corrected chi connectivity index (χ2v) is 12.1. The predicted molar refractivity (Wildman–Crippen MR) is 160 cm³/mol. The van der Waals surface area contributed by atoms with E-state index < -0.39 is 0 Å². The highest BCUT2D eigenvalue weighted by Crippen LogP contribution is 2.35. The van der Waals surface area contributed by atoms with Gasteiger partial charge in [0.1, 0.15) is 0 Å². The molecule has 210 valence electrons. The van der Waals surface area contributed by atoms with Crippen molar-refractivity contribution in [2.24, 2.45) is 0 Å². The lowest BCUT2D eigenvalue weighted by Gasteiger charge is -2.36. The van der Waals surface area contributed by atoms with Gasteiger partial charge in [0.05, 0.1) is 20.3 Å². The molecule has 0 saturated carbocycles. The fraction of sp³-hybridized carbons (Fsp3) is 0.424. The van der Waals surface area contributed by atoms with Crippen LogP contribution in [-0.2, 0) is 37.1 Å². The first kappa shape index (κ1) is 27.2. The van der Waals surface area contributed by atoms with Crippen LogP contribution in [0.1, 0.15) is 34.2 Å². The molecule has 2 atom stereocenters. The van der Waals surface area contributed by atoms with Gasteiger partial charge in [0, 0.05) is 43.2 Å². The van der Waals surface area contributed by atoms with Crippen molar-refractivity contribution in [1.82, 2.24) is 15.1 Å². The summed E-state index contributed by atoms with van der Waals surface area (Å²) in [5.41, 5.74) is 6.53. The number of carbonyl (C=O) groups excluding carboxylic acids is 1. The minimum Gasteiger partial charge on any atom is -0.493 e. The van der Waals surface area contributed by atoms with Crippen molar-refractivity contribution >= 4 is 17.7 Å². The number of carbonyl (C=O) groups is 1. The molecule has 2 aliphatic heterocycles. The summed E-state index contributed by atoms with van der Waals surface area (Å²) in [6.07, 6.45) is 5.80. The van der Waals surface area contributed by atoms with E-state index in [-0.39, 0.29) is 18.0 Å². The van der Waals surface area contributed by atoms with Crippen molar-refractivity contribution in [2.45, 2.75) is 61.8 Å². The molecule has 1 N–H and O–H groups in total. The maximum absolute atomic E-state index is 14.2. The minimum atomic E-state index is -0.114. The van der Waals surface area contributed by atoms with Crippen LogP contribution in [0.3, 0.4) is 0 Å². The second-order valence-electron chi connectivity index (χ2n) is 11.2. The number of thioether (sulfide) groups is 1. The van der Waals surface area contributed by atoms with Crippen LogP contribution in [0.25, 0.3) is 0 Å². The Labute approximate surface area is 242 Å². The molecular weight excluding hydrogens is 518 g/mol. The maximum atomic E-state index is 14.2. The van der Waals surface area contributed by atoms with Crippen molar-refractivity contribution in [3.8, 4) is 11.5 Å². The van der Waals surface area contributed by atoms with Crippen LogP contribution in [0, 0.1) is 0 Å². The third kappa shape index (κ3) is 5.47. The molecule has 1 fully saturated rings. The average Bonchev–Trinajstić information content (AvgIpc) is 3.63. The lowest BCUT2D eigenvalue weighted by molar-refractivity contribution is -0.137. The number of fused-ring (bicyclic) bond motifs is 2. The molecule has 0 radical (unpaired) electrons. The first-order valence-electron chi connectivity index (χ1n) is 14.3. The summed E-state index contributed by atoms with van der Waals surface area (Å²) in [7, 11) is 3.33. The van der Waals surface area contributed by atoms with Crippen molar-refractivity contribution in [1.29, 1.82) is 0 Å². The normalized spacial score (nSPS) is 20.8. The summed E-state index contributed by atoms with van der Waals surface area (Å²) >= 11 is 1.76. The second kappa shape index (κ2) is 11.9. The van der Waals surface area contributed by atoms with Crippen molar-refractivity contribution in [2.75, 3.05) is 33.6 Å². The number of nitrogens with zero attached hydrogens (tertiary/aromatic N) is 2. The van der Waals surface area contributed by atoms with Crippen LogP contribution in [0.5, 0.6) is 11.5 Å². The molecule has 3 aromatic carbocycles. The number of methoxy groups -OCH3 is 2. The van der Waals surface area contributed by atoms with E-state index in [1.807, 2.05) is 6.07 Å². The first-order valence-corrected chi connectivity index (χ1v) is 15.5. The lowest BCUT2D eigenvalue weighted by atomic mass is 9.97. The molecule has 1 aliphatic carbocycles. The quantitative estimate of drug-likeness (QED) is 0.405. The van der Waals surface area contributed by atoms with Crippen molar-refractivity contribution in [3.05, 3.63) is 88.5 Å². The van der Waals surface area contributed by atoms with Crippen LogP contribution >= 0.6 is 11.8 Å². The summed E-state index contributed by atoms with van der Waals surface area (Å²) in [6.45, 7) is 3.06. The van der Waals surface area contributed by atoms with Crippen LogP contribution in [0.4, 0.5) is 0 Å². The SMILES string of the molecule is COc1cc2c(cc1OC)CN(C(=O)[C@@H]1C[C@H](NCc3ccc(SC)cc3)CN1C1Cc3ccccc3C1)CC2. The number of rotatable bonds is 8. The topological polar surface area (TPSA) is 54.0 Å². The summed E-state index contributed by atoms with van der Waals surface area (Å²) < 4.78 is 11.1. The van der Waals surface area contributed by atoms with Crippen LogP contribution < -0.4 is 14.8 Å². The minimum absolute atomic E-state index is 0.114. The van der Waals surface area contributed by atoms with E-state index in [4.69, 9.17) is 9.47 Å². The molecule has 3 aromatic rings. The number of benzene rings is 3. The van der Waals surface area contributed by atoms with Gasteiger partial charge in [-0.3, -0.25) is 9.69 Å². The van der Waals surface area contributed by atoms with Crippen LogP contribution in [0.2, 0.25) is 0 Å². The Morgan fingerprint density at radius 1 is 0.950 bits per heavy atom. The van der Waals surface area contributed by atoms with E-state index >= 15 is 0 Å². The molecule has 1 saturated heterocycles. The van der Waals surface area contributed by atoms with Crippen molar-refractivity contribution < 1.29 is 14.3 Å². The zero-order chi connectivity index (χ0) is 27.6. The van der Waals surface area contributed by atoms with E-state index in [0.717, 1.165) is 62.4 Å².